The van der Waals surface area contributed by atoms with Crippen molar-refractivity contribution >= 4 is 5.91 Å². The highest BCUT2D eigenvalue weighted by Gasteiger charge is 2.42. The lowest BCUT2D eigenvalue weighted by Crippen LogP contribution is -2.43. The molecule has 2 unspecified atom stereocenters. The summed E-state index contributed by atoms with van der Waals surface area (Å²) in [5, 5.41) is 2.65. The smallest absolute Gasteiger partial charge is 0.391 e. The van der Waals surface area contributed by atoms with Crippen molar-refractivity contribution in [3.05, 3.63) is 29.8 Å². The van der Waals surface area contributed by atoms with Crippen molar-refractivity contribution < 1.29 is 22.7 Å². The fraction of sp³-hybridized carbons (Fsp3) is 0.562. The van der Waals surface area contributed by atoms with Crippen LogP contribution in [0, 0.1) is 12.8 Å². The number of hydrogen-bond acceptors (Lipinski definition) is 2. The van der Waals surface area contributed by atoms with E-state index in [1.807, 2.05) is 19.1 Å². The minimum atomic E-state index is -4.18. The predicted molar refractivity (Wildman–Crippen MR) is 76.6 cm³/mol. The fourth-order valence-corrected chi connectivity index (χ4v) is 2.75. The maximum atomic E-state index is 12.7. The van der Waals surface area contributed by atoms with E-state index >= 15 is 0 Å². The Kier molecular flexibility index (Phi) is 5.32. The van der Waals surface area contributed by atoms with Crippen LogP contribution in [0.5, 0.6) is 5.75 Å². The van der Waals surface area contributed by atoms with E-state index in [1.165, 1.54) is 0 Å². The topological polar surface area (TPSA) is 38.3 Å². The molecule has 1 aromatic carbocycles. The van der Waals surface area contributed by atoms with Gasteiger partial charge in [-0.2, -0.15) is 13.2 Å². The Hall–Kier alpha value is -1.72. The van der Waals surface area contributed by atoms with Crippen molar-refractivity contribution in [2.45, 2.75) is 44.8 Å². The van der Waals surface area contributed by atoms with Crippen LogP contribution < -0.4 is 10.1 Å². The molecule has 0 saturated heterocycles. The largest absolute Gasteiger partial charge is 0.484 e. The van der Waals surface area contributed by atoms with Crippen LogP contribution in [-0.4, -0.2) is 24.7 Å². The van der Waals surface area contributed by atoms with Crippen molar-refractivity contribution in [2.24, 2.45) is 5.92 Å². The summed E-state index contributed by atoms with van der Waals surface area (Å²) in [5.74, 6) is -1.09. The molecule has 1 amide bonds. The van der Waals surface area contributed by atoms with Gasteiger partial charge in [-0.15, -0.1) is 0 Å². The minimum Gasteiger partial charge on any atom is -0.484 e. The number of ether oxygens (including phenoxy) is 1. The third kappa shape index (κ3) is 4.64. The lowest BCUT2D eigenvalue weighted by Gasteiger charge is -2.31. The molecule has 122 valence electrons. The van der Waals surface area contributed by atoms with Crippen LogP contribution in [0.3, 0.4) is 0 Å². The highest BCUT2D eigenvalue weighted by Crippen LogP contribution is 2.37. The van der Waals surface area contributed by atoms with Crippen molar-refractivity contribution in [3.63, 3.8) is 0 Å². The molecule has 2 atom stereocenters. The summed E-state index contributed by atoms with van der Waals surface area (Å²) in [7, 11) is 0. The summed E-state index contributed by atoms with van der Waals surface area (Å²) in [6, 6.07) is 6.86. The van der Waals surface area contributed by atoms with Crippen LogP contribution >= 0.6 is 0 Å². The third-order valence-corrected chi connectivity index (χ3v) is 3.95. The van der Waals surface area contributed by atoms with E-state index < -0.39 is 18.1 Å². The Morgan fingerprint density at radius 1 is 1.32 bits per heavy atom. The maximum absolute atomic E-state index is 12.7. The molecule has 1 aliphatic rings. The van der Waals surface area contributed by atoms with Crippen molar-refractivity contribution in [3.8, 4) is 5.75 Å². The van der Waals surface area contributed by atoms with Crippen LogP contribution in [-0.2, 0) is 4.79 Å². The quantitative estimate of drug-likeness (QED) is 0.922. The molecule has 1 fully saturated rings. The molecule has 3 nitrogen and oxygen atoms in total. The Labute approximate surface area is 127 Å². The zero-order valence-corrected chi connectivity index (χ0v) is 12.5. The summed E-state index contributed by atoms with van der Waals surface area (Å²) >= 11 is 0. The van der Waals surface area contributed by atoms with Gasteiger partial charge in [-0.25, -0.2) is 0 Å². The Morgan fingerprint density at radius 2 is 2.05 bits per heavy atom. The Balaban J connectivity index is 1.81. The van der Waals surface area contributed by atoms with Crippen LogP contribution in [0.1, 0.15) is 31.2 Å². The number of alkyl halides is 3. The molecule has 0 aromatic heterocycles. The standard InChI is InChI=1S/C16H20F3NO2/c1-11-5-2-3-8-14(11)22-10-15(21)20-13-7-4-6-12(9-13)16(17,18)19/h2-3,5,8,12-13H,4,6-7,9-10H2,1H3,(H,20,21). The SMILES string of the molecule is Cc1ccccc1OCC(=O)NC1CCCC(C(F)(F)F)C1. The third-order valence-electron chi connectivity index (χ3n) is 3.95. The van der Waals surface area contributed by atoms with E-state index in [1.54, 1.807) is 12.1 Å². The molecule has 22 heavy (non-hydrogen) atoms. The molecule has 1 aromatic rings. The molecular weight excluding hydrogens is 295 g/mol. The lowest BCUT2D eigenvalue weighted by molar-refractivity contribution is -0.184. The number of amides is 1. The van der Waals surface area contributed by atoms with E-state index in [4.69, 9.17) is 4.74 Å². The number of para-hydroxylation sites is 1. The first-order chi connectivity index (χ1) is 10.4. The second-order valence-corrected chi connectivity index (χ2v) is 5.72. The molecule has 0 heterocycles. The molecule has 0 aliphatic heterocycles. The molecule has 0 radical (unpaired) electrons. The molecule has 2 rings (SSSR count). The molecule has 1 N–H and O–H groups in total. The Morgan fingerprint density at radius 3 is 2.73 bits per heavy atom. The van der Waals surface area contributed by atoms with Gasteiger partial charge in [0.1, 0.15) is 5.75 Å². The molecule has 1 saturated carbocycles. The van der Waals surface area contributed by atoms with Gasteiger partial charge in [0.2, 0.25) is 0 Å². The van der Waals surface area contributed by atoms with E-state index in [-0.39, 0.29) is 25.4 Å². The zero-order valence-electron chi connectivity index (χ0n) is 12.5. The summed E-state index contributed by atoms with van der Waals surface area (Å²) < 4.78 is 43.6. The number of halogens is 3. The van der Waals surface area contributed by atoms with Crippen molar-refractivity contribution in [1.82, 2.24) is 5.32 Å². The molecular formula is C16H20F3NO2. The van der Waals surface area contributed by atoms with E-state index in [0.29, 0.717) is 18.6 Å². The number of hydrogen-bond donors (Lipinski definition) is 1. The lowest BCUT2D eigenvalue weighted by atomic mass is 9.85. The van der Waals surface area contributed by atoms with Crippen LogP contribution in [0.4, 0.5) is 13.2 Å². The molecule has 6 heteroatoms. The summed E-state index contributed by atoms with van der Waals surface area (Å²) in [6.45, 7) is 1.68. The van der Waals surface area contributed by atoms with E-state index in [9.17, 15) is 18.0 Å². The highest BCUT2D eigenvalue weighted by atomic mass is 19.4. The number of rotatable bonds is 4. The monoisotopic (exact) mass is 315 g/mol. The van der Waals surface area contributed by atoms with E-state index in [0.717, 1.165) is 5.56 Å². The number of nitrogens with one attached hydrogen (secondary N) is 1. The minimum absolute atomic E-state index is 0.0421. The van der Waals surface area contributed by atoms with Gasteiger partial charge >= 0.3 is 6.18 Å². The summed E-state index contributed by atoms with van der Waals surface area (Å²) in [5.41, 5.74) is 0.908. The average Bonchev–Trinajstić information content (AvgIpc) is 2.46. The van der Waals surface area contributed by atoms with Gasteiger partial charge in [-0.1, -0.05) is 24.6 Å². The van der Waals surface area contributed by atoms with Gasteiger partial charge < -0.3 is 10.1 Å². The second-order valence-electron chi connectivity index (χ2n) is 5.72. The average molecular weight is 315 g/mol. The normalized spacial score (nSPS) is 22.2. The van der Waals surface area contributed by atoms with Gasteiger partial charge in [0.25, 0.3) is 5.91 Å². The molecule has 0 spiro atoms. The van der Waals surface area contributed by atoms with Crippen LogP contribution in [0.15, 0.2) is 24.3 Å². The first-order valence-corrected chi connectivity index (χ1v) is 7.41. The van der Waals surface area contributed by atoms with Gasteiger partial charge in [0.15, 0.2) is 6.61 Å². The van der Waals surface area contributed by atoms with E-state index in [2.05, 4.69) is 5.32 Å². The zero-order chi connectivity index (χ0) is 16.2. The van der Waals surface area contributed by atoms with Gasteiger partial charge in [-0.05, 0) is 37.8 Å². The number of aryl methyl sites for hydroxylation is 1. The number of carbonyl (C=O) groups is 1. The van der Waals surface area contributed by atoms with Crippen molar-refractivity contribution in [1.29, 1.82) is 0 Å². The highest BCUT2D eigenvalue weighted by molar-refractivity contribution is 5.77. The number of carbonyl (C=O) groups excluding carboxylic acids is 1. The summed E-state index contributed by atoms with van der Waals surface area (Å²) in [4.78, 5) is 11.8. The maximum Gasteiger partial charge on any atom is 0.391 e. The fourth-order valence-electron chi connectivity index (χ4n) is 2.75. The summed E-state index contributed by atoms with van der Waals surface area (Å²) in [6.07, 6.45) is -3.01. The van der Waals surface area contributed by atoms with Crippen molar-refractivity contribution in [2.75, 3.05) is 6.61 Å². The number of benzene rings is 1. The molecule has 0 bridgehead atoms. The van der Waals surface area contributed by atoms with Crippen LogP contribution in [0.25, 0.3) is 0 Å². The Bertz CT molecular complexity index is 516. The van der Waals surface area contributed by atoms with Crippen LogP contribution in [0.2, 0.25) is 0 Å². The molecule has 1 aliphatic carbocycles. The second kappa shape index (κ2) is 7.03. The first-order valence-electron chi connectivity index (χ1n) is 7.41. The van der Waals surface area contributed by atoms with Gasteiger partial charge in [-0.3, -0.25) is 4.79 Å². The predicted octanol–water partition coefficient (Wildman–Crippen LogP) is 3.61. The van der Waals surface area contributed by atoms with Gasteiger partial charge in [0, 0.05) is 6.04 Å². The van der Waals surface area contributed by atoms with Gasteiger partial charge in [0.05, 0.1) is 5.92 Å². The first kappa shape index (κ1) is 16.6.